The highest BCUT2D eigenvalue weighted by Crippen LogP contribution is 2.26. The number of fused-ring (bicyclic) bond motifs is 1. The van der Waals surface area contributed by atoms with Gasteiger partial charge in [-0.2, -0.15) is 4.98 Å². The van der Waals surface area contributed by atoms with Crippen molar-refractivity contribution in [3.63, 3.8) is 0 Å². The van der Waals surface area contributed by atoms with Gasteiger partial charge in [-0.3, -0.25) is 0 Å². The fourth-order valence-electron chi connectivity index (χ4n) is 1.77. The molecule has 0 saturated heterocycles. The van der Waals surface area contributed by atoms with Crippen molar-refractivity contribution in [2.75, 3.05) is 24.2 Å². The van der Waals surface area contributed by atoms with Crippen LogP contribution in [0.4, 0.5) is 11.8 Å². The van der Waals surface area contributed by atoms with Crippen molar-refractivity contribution in [2.24, 2.45) is 0 Å². The van der Waals surface area contributed by atoms with E-state index in [1.54, 1.807) is 22.7 Å². The molecule has 5 nitrogen and oxygen atoms in total. The van der Waals surface area contributed by atoms with E-state index in [0.717, 1.165) is 34.0 Å². The number of thiazole rings is 1. The van der Waals surface area contributed by atoms with E-state index >= 15 is 0 Å². The van der Waals surface area contributed by atoms with Gasteiger partial charge < -0.3 is 10.6 Å². The first-order chi connectivity index (χ1) is 9.36. The van der Waals surface area contributed by atoms with Crippen LogP contribution in [0.1, 0.15) is 5.01 Å². The summed E-state index contributed by atoms with van der Waals surface area (Å²) in [6.45, 7) is 0.818. The fraction of sp³-hybridized carbons (Fsp3) is 0.250. The second kappa shape index (κ2) is 5.50. The molecule has 0 radical (unpaired) electrons. The van der Waals surface area contributed by atoms with Gasteiger partial charge in [0.2, 0.25) is 5.95 Å². The van der Waals surface area contributed by atoms with Crippen LogP contribution in [0.25, 0.3) is 10.2 Å². The summed E-state index contributed by atoms with van der Waals surface area (Å²) in [4.78, 5) is 14.2. The Hall–Kier alpha value is -1.73. The summed E-state index contributed by atoms with van der Waals surface area (Å²) < 4.78 is 0. The summed E-state index contributed by atoms with van der Waals surface area (Å²) in [5, 5.41) is 12.6. The lowest BCUT2D eigenvalue weighted by Gasteiger charge is -2.07. The first kappa shape index (κ1) is 12.3. The molecule has 3 aromatic rings. The molecule has 0 fully saturated rings. The second-order valence-electron chi connectivity index (χ2n) is 3.89. The van der Waals surface area contributed by atoms with E-state index in [4.69, 9.17) is 0 Å². The maximum absolute atomic E-state index is 4.47. The first-order valence-electron chi connectivity index (χ1n) is 5.92. The van der Waals surface area contributed by atoms with Gasteiger partial charge in [-0.25, -0.2) is 9.97 Å². The number of rotatable bonds is 5. The Morgan fingerprint density at radius 3 is 2.95 bits per heavy atom. The normalized spacial score (nSPS) is 10.8. The maximum atomic E-state index is 4.47. The van der Waals surface area contributed by atoms with Crippen molar-refractivity contribution in [1.29, 1.82) is 0 Å². The van der Waals surface area contributed by atoms with E-state index in [9.17, 15) is 0 Å². The molecule has 7 heteroatoms. The van der Waals surface area contributed by atoms with Gasteiger partial charge in [-0.05, 0) is 11.4 Å². The monoisotopic (exact) mass is 291 g/mol. The Bertz CT molecular complexity index is 662. The van der Waals surface area contributed by atoms with Crippen LogP contribution < -0.4 is 10.6 Å². The SMILES string of the molecule is CNc1nc(NCCc2nccs2)c2ccsc2n1. The van der Waals surface area contributed by atoms with Crippen LogP contribution in [0.15, 0.2) is 23.0 Å². The molecule has 2 N–H and O–H groups in total. The third kappa shape index (κ3) is 2.66. The summed E-state index contributed by atoms with van der Waals surface area (Å²) >= 11 is 3.30. The van der Waals surface area contributed by atoms with Gasteiger partial charge in [0.15, 0.2) is 0 Å². The van der Waals surface area contributed by atoms with Gasteiger partial charge in [0.1, 0.15) is 10.6 Å². The zero-order chi connectivity index (χ0) is 13.1. The average Bonchev–Trinajstić information content (AvgIpc) is 3.08. The quantitative estimate of drug-likeness (QED) is 0.757. The molecular weight excluding hydrogens is 278 g/mol. The third-order valence-electron chi connectivity index (χ3n) is 2.66. The molecule has 0 bridgehead atoms. The minimum Gasteiger partial charge on any atom is -0.369 e. The van der Waals surface area contributed by atoms with E-state index in [-0.39, 0.29) is 0 Å². The lowest BCUT2D eigenvalue weighted by Crippen LogP contribution is -2.08. The van der Waals surface area contributed by atoms with Gasteiger partial charge in [-0.1, -0.05) is 0 Å². The summed E-state index contributed by atoms with van der Waals surface area (Å²) in [6.07, 6.45) is 2.74. The van der Waals surface area contributed by atoms with E-state index in [1.807, 2.05) is 30.1 Å². The van der Waals surface area contributed by atoms with Gasteiger partial charge >= 0.3 is 0 Å². The van der Waals surface area contributed by atoms with E-state index in [0.29, 0.717) is 5.95 Å². The summed E-state index contributed by atoms with van der Waals surface area (Å²) in [7, 11) is 1.83. The highest BCUT2D eigenvalue weighted by Gasteiger charge is 2.07. The number of anilines is 2. The lowest BCUT2D eigenvalue weighted by molar-refractivity contribution is 0.988. The zero-order valence-electron chi connectivity index (χ0n) is 10.4. The minimum atomic E-state index is 0.645. The second-order valence-corrected chi connectivity index (χ2v) is 5.76. The molecule has 3 heterocycles. The standard InChI is InChI=1S/C12H13N5S2/c1-13-12-16-10(8-3-6-19-11(8)17-12)15-4-2-9-14-5-7-18-9/h3,5-7H,2,4H2,1H3,(H2,13,15,16,17). The number of thiophene rings is 1. The fourth-order valence-corrected chi connectivity index (χ4v) is 3.15. The molecule has 0 aliphatic heterocycles. The Morgan fingerprint density at radius 2 is 2.16 bits per heavy atom. The number of nitrogens with zero attached hydrogens (tertiary/aromatic N) is 3. The van der Waals surface area contributed by atoms with Crippen LogP contribution in [0.2, 0.25) is 0 Å². The Balaban J connectivity index is 1.77. The van der Waals surface area contributed by atoms with Gasteiger partial charge in [0.05, 0.1) is 10.4 Å². The van der Waals surface area contributed by atoms with Crippen LogP contribution in [0.5, 0.6) is 0 Å². The van der Waals surface area contributed by atoms with Crippen LogP contribution >= 0.6 is 22.7 Å². The molecule has 3 rings (SSSR count). The van der Waals surface area contributed by atoms with Crippen molar-refractivity contribution in [3.05, 3.63) is 28.0 Å². The number of hydrogen-bond acceptors (Lipinski definition) is 7. The maximum Gasteiger partial charge on any atom is 0.225 e. The van der Waals surface area contributed by atoms with Crippen molar-refractivity contribution in [3.8, 4) is 0 Å². The highest BCUT2D eigenvalue weighted by molar-refractivity contribution is 7.16. The Morgan fingerprint density at radius 1 is 1.21 bits per heavy atom. The molecule has 19 heavy (non-hydrogen) atoms. The molecule has 0 saturated carbocycles. The van der Waals surface area contributed by atoms with E-state index < -0.39 is 0 Å². The van der Waals surface area contributed by atoms with Gasteiger partial charge in [0.25, 0.3) is 0 Å². The van der Waals surface area contributed by atoms with Crippen LogP contribution in [0.3, 0.4) is 0 Å². The number of hydrogen-bond donors (Lipinski definition) is 2. The van der Waals surface area contributed by atoms with Gasteiger partial charge in [-0.15, -0.1) is 22.7 Å². The van der Waals surface area contributed by atoms with Crippen molar-refractivity contribution in [2.45, 2.75) is 6.42 Å². The summed E-state index contributed by atoms with van der Waals surface area (Å²) in [6, 6.07) is 2.05. The van der Waals surface area contributed by atoms with Crippen LogP contribution in [-0.4, -0.2) is 28.5 Å². The molecule has 0 amide bonds. The van der Waals surface area contributed by atoms with Crippen molar-refractivity contribution < 1.29 is 0 Å². The molecule has 0 unspecified atom stereocenters. The highest BCUT2D eigenvalue weighted by atomic mass is 32.1. The van der Waals surface area contributed by atoms with Crippen molar-refractivity contribution in [1.82, 2.24) is 15.0 Å². The lowest BCUT2D eigenvalue weighted by atomic mass is 10.3. The number of nitrogens with one attached hydrogen (secondary N) is 2. The predicted molar refractivity (Wildman–Crippen MR) is 81.3 cm³/mol. The van der Waals surface area contributed by atoms with Crippen LogP contribution in [0, 0.1) is 0 Å². The van der Waals surface area contributed by atoms with Crippen LogP contribution in [-0.2, 0) is 6.42 Å². The topological polar surface area (TPSA) is 62.7 Å². The molecule has 3 aromatic heterocycles. The molecule has 0 aliphatic rings. The average molecular weight is 291 g/mol. The molecule has 0 aromatic carbocycles. The zero-order valence-corrected chi connectivity index (χ0v) is 12.0. The predicted octanol–water partition coefficient (Wildman–Crippen LogP) is 2.84. The molecule has 98 valence electrons. The molecule has 0 atom stereocenters. The smallest absolute Gasteiger partial charge is 0.225 e. The molecular formula is C12H13N5S2. The van der Waals surface area contributed by atoms with Crippen molar-refractivity contribution >= 4 is 44.7 Å². The van der Waals surface area contributed by atoms with E-state index in [2.05, 4.69) is 25.6 Å². The van der Waals surface area contributed by atoms with E-state index in [1.165, 1.54) is 0 Å². The summed E-state index contributed by atoms with van der Waals surface area (Å²) in [5.74, 6) is 1.53. The largest absolute Gasteiger partial charge is 0.369 e. The number of aromatic nitrogens is 3. The molecule has 0 spiro atoms. The Labute approximate surface area is 118 Å². The van der Waals surface area contributed by atoms with Gasteiger partial charge in [0, 0.05) is 31.6 Å². The molecule has 0 aliphatic carbocycles. The third-order valence-corrected chi connectivity index (χ3v) is 4.31. The Kier molecular flexibility index (Phi) is 3.56. The minimum absolute atomic E-state index is 0.645. The first-order valence-corrected chi connectivity index (χ1v) is 7.68. The summed E-state index contributed by atoms with van der Waals surface area (Å²) in [5.41, 5.74) is 0.